The largest absolute Gasteiger partial charge is 0.126 e. The summed E-state index contributed by atoms with van der Waals surface area (Å²) >= 11 is 6.26. The van der Waals surface area contributed by atoms with Crippen molar-refractivity contribution in [3.8, 4) is 0 Å². The monoisotopic (exact) mass is 250 g/mol. The lowest BCUT2D eigenvalue weighted by Crippen LogP contribution is -2.15. The molecule has 0 aromatic heterocycles. The van der Waals surface area contributed by atoms with Crippen molar-refractivity contribution in [3.05, 3.63) is 35.4 Å². The van der Waals surface area contributed by atoms with E-state index in [4.69, 9.17) is 11.6 Å². The predicted molar refractivity (Wildman–Crippen MR) is 75.8 cm³/mol. The van der Waals surface area contributed by atoms with Crippen LogP contribution in [0.3, 0.4) is 0 Å². The minimum absolute atomic E-state index is 0.566. The number of benzene rings is 1. The third-order valence-electron chi connectivity index (χ3n) is 4.22. The van der Waals surface area contributed by atoms with Crippen LogP contribution in [-0.4, -0.2) is 5.88 Å². The van der Waals surface area contributed by atoms with Gasteiger partial charge in [-0.15, -0.1) is 11.6 Å². The summed E-state index contributed by atoms with van der Waals surface area (Å²) in [5.74, 6) is 2.14. The summed E-state index contributed by atoms with van der Waals surface area (Å²) < 4.78 is 0. The van der Waals surface area contributed by atoms with Crippen molar-refractivity contribution in [2.45, 2.75) is 51.4 Å². The van der Waals surface area contributed by atoms with Crippen molar-refractivity contribution in [1.29, 1.82) is 0 Å². The fourth-order valence-corrected chi connectivity index (χ4v) is 3.60. The summed E-state index contributed by atoms with van der Waals surface area (Å²) in [5.41, 5.74) is 2.89. The summed E-state index contributed by atoms with van der Waals surface area (Å²) in [6.07, 6.45) is 8.35. The highest BCUT2D eigenvalue weighted by Gasteiger charge is 2.24. The third kappa shape index (κ3) is 3.25. The van der Waals surface area contributed by atoms with Gasteiger partial charge in [-0.1, -0.05) is 49.9 Å². The van der Waals surface area contributed by atoms with Crippen molar-refractivity contribution in [3.63, 3.8) is 0 Å². The fraction of sp³-hybridized carbons (Fsp3) is 0.625. The van der Waals surface area contributed by atoms with E-state index in [-0.39, 0.29) is 0 Å². The highest BCUT2D eigenvalue weighted by atomic mass is 35.5. The summed E-state index contributed by atoms with van der Waals surface area (Å²) in [4.78, 5) is 0. The first kappa shape index (κ1) is 13.0. The Morgan fingerprint density at radius 1 is 1.12 bits per heavy atom. The molecule has 0 spiro atoms. The minimum Gasteiger partial charge on any atom is -0.126 e. The van der Waals surface area contributed by atoms with Crippen LogP contribution in [-0.2, 0) is 0 Å². The molecule has 2 rings (SSSR count). The lowest BCUT2D eigenvalue weighted by Gasteiger charge is -2.26. The van der Waals surface area contributed by atoms with E-state index in [9.17, 15) is 0 Å². The van der Waals surface area contributed by atoms with Gasteiger partial charge in [0.2, 0.25) is 0 Å². The van der Waals surface area contributed by atoms with E-state index in [1.165, 1.54) is 49.7 Å². The Balaban J connectivity index is 2.17. The molecule has 0 aliphatic heterocycles. The number of hydrogen-bond donors (Lipinski definition) is 0. The zero-order valence-electron chi connectivity index (χ0n) is 10.8. The van der Waals surface area contributed by atoms with E-state index in [1.807, 2.05) is 0 Å². The summed E-state index contributed by atoms with van der Waals surface area (Å²) in [6, 6.07) is 8.76. The maximum atomic E-state index is 6.26. The van der Waals surface area contributed by atoms with E-state index in [0.717, 1.165) is 11.8 Å². The number of aryl methyl sites for hydroxylation is 1. The molecular weight excluding hydrogens is 228 g/mol. The standard InChI is InChI=1S/C16H23Cl/c1-13-8-6-7-11-15(13)16(12-17)14-9-4-2-3-5-10-14/h6-8,11,14,16H,2-5,9-10,12H2,1H3. The van der Waals surface area contributed by atoms with Gasteiger partial charge in [-0.3, -0.25) is 0 Å². The van der Waals surface area contributed by atoms with Gasteiger partial charge in [0.25, 0.3) is 0 Å². The molecule has 1 saturated carbocycles. The van der Waals surface area contributed by atoms with Gasteiger partial charge in [-0.25, -0.2) is 0 Å². The number of alkyl halides is 1. The normalized spacial score (nSPS) is 19.9. The molecule has 1 atom stereocenters. The van der Waals surface area contributed by atoms with Gasteiger partial charge in [-0.05, 0) is 36.8 Å². The van der Waals surface area contributed by atoms with Crippen LogP contribution in [0.4, 0.5) is 0 Å². The molecule has 17 heavy (non-hydrogen) atoms. The summed E-state index contributed by atoms with van der Waals surface area (Å²) in [6.45, 7) is 2.21. The lowest BCUT2D eigenvalue weighted by molar-refractivity contribution is 0.396. The van der Waals surface area contributed by atoms with Crippen LogP contribution >= 0.6 is 11.6 Å². The average molecular weight is 251 g/mol. The smallest absolute Gasteiger partial charge is 0.0295 e. The third-order valence-corrected chi connectivity index (χ3v) is 4.56. The first-order valence-corrected chi connectivity index (χ1v) is 7.48. The first-order valence-electron chi connectivity index (χ1n) is 6.94. The summed E-state index contributed by atoms with van der Waals surface area (Å²) in [7, 11) is 0. The highest BCUT2D eigenvalue weighted by molar-refractivity contribution is 6.18. The molecule has 1 aliphatic carbocycles. The zero-order chi connectivity index (χ0) is 12.1. The maximum Gasteiger partial charge on any atom is 0.0295 e. The average Bonchev–Trinajstić information content (AvgIpc) is 2.62. The van der Waals surface area contributed by atoms with Gasteiger partial charge in [0.15, 0.2) is 0 Å². The van der Waals surface area contributed by atoms with Crippen molar-refractivity contribution < 1.29 is 0 Å². The van der Waals surface area contributed by atoms with Gasteiger partial charge in [0, 0.05) is 11.8 Å². The molecule has 0 amide bonds. The van der Waals surface area contributed by atoms with Gasteiger partial charge in [0.1, 0.15) is 0 Å². The van der Waals surface area contributed by atoms with Crippen LogP contribution < -0.4 is 0 Å². The molecule has 1 aromatic carbocycles. The van der Waals surface area contributed by atoms with Crippen LogP contribution in [0.1, 0.15) is 55.6 Å². The Morgan fingerprint density at radius 2 is 1.76 bits per heavy atom. The van der Waals surface area contributed by atoms with Crippen LogP contribution in [0, 0.1) is 12.8 Å². The van der Waals surface area contributed by atoms with E-state index >= 15 is 0 Å². The molecule has 0 nitrogen and oxygen atoms in total. The number of hydrogen-bond acceptors (Lipinski definition) is 0. The van der Waals surface area contributed by atoms with E-state index in [1.54, 1.807) is 0 Å². The Kier molecular flexibility index (Phi) is 4.91. The maximum absolute atomic E-state index is 6.26. The Hall–Kier alpha value is -0.490. The van der Waals surface area contributed by atoms with Crippen LogP contribution in [0.2, 0.25) is 0 Å². The van der Waals surface area contributed by atoms with Crippen molar-refractivity contribution >= 4 is 11.6 Å². The second-order valence-electron chi connectivity index (χ2n) is 5.37. The fourth-order valence-electron chi connectivity index (χ4n) is 3.18. The molecule has 1 fully saturated rings. The van der Waals surface area contributed by atoms with Crippen molar-refractivity contribution in [2.75, 3.05) is 5.88 Å². The topological polar surface area (TPSA) is 0 Å². The molecule has 0 saturated heterocycles. The zero-order valence-corrected chi connectivity index (χ0v) is 11.5. The highest BCUT2D eigenvalue weighted by Crippen LogP contribution is 2.37. The number of rotatable bonds is 3. The van der Waals surface area contributed by atoms with Crippen LogP contribution in [0.25, 0.3) is 0 Å². The molecule has 1 unspecified atom stereocenters. The van der Waals surface area contributed by atoms with Crippen LogP contribution in [0.5, 0.6) is 0 Å². The SMILES string of the molecule is Cc1ccccc1C(CCl)C1CCCCCC1. The second kappa shape index (κ2) is 6.44. The molecule has 94 valence electrons. The van der Waals surface area contributed by atoms with Gasteiger partial charge < -0.3 is 0 Å². The lowest BCUT2D eigenvalue weighted by atomic mass is 9.81. The molecule has 0 bridgehead atoms. The molecule has 0 radical (unpaired) electrons. The first-order chi connectivity index (χ1) is 8.33. The molecule has 0 heterocycles. The predicted octanol–water partition coefficient (Wildman–Crippen LogP) is 5.29. The Bertz CT molecular complexity index is 337. The van der Waals surface area contributed by atoms with E-state index < -0.39 is 0 Å². The summed E-state index contributed by atoms with van der Waals surface area (Å²) in [5, 5.41) is 0. The molecule has 1 aromatic rings. The Morgan fingerprint density at radius 3 is 2.35 bits per heavy atom. The van der Waals surface area contributed by atoms with Gasteiger partial charge >= 0.3 is 0 Å². The number of halogens is 1. The van der Waals surface area contributed by atoms with Crippen molar-refractivity contribution in [1.82, 2.24) is 0 Å². The van der Waals surface area contributed by atoms with E-state index in [2.05, 4.69) is 31.2 Å². The molecule has 1 aliphatic rings. The molecule has 1 heteroatoms. The Labute approximate surface area is 110 Å². The van der Waals surface area contributed by atoms with Gasteiger partial charge in [0.05, 0.1) is 0 Å². The minimum atomic E-state index is 0.566. The quantitative estimate of drug-likeness (QED) is 0.505. The molecule has 0 N–H and O–H groups in total. The van der Waals surface area contributed by atoms with E-state index in [0.29, 0.717) is 5.92 Å². The van der Waals surface area contributed by atoms with Crippen LogP contribution in [0.15, 0.2) is 24.3 Å². The second-order valence-corrected chi connectivity index (χ2v) is 5.68. The van der Waals surface area contributed by atoms with Gasteiger partial charge in [-0.2, -0.15) is 0 Å². The molecular formula is C16H23Cl. The van der Waals surface area contributed by atoms with Crippen molar-refractivity contribution in [2.24, 2.45) is 5.92 Å².